The van der Waals surface area contributed by atoms with E-state index in [0.29, 0.717) is 0 Å². The molecule has 0 aliphatic rings. The molecule has 0 N–H and O–H groups in total. The molecule has 0 aliphatic heterocycles. The minimum atomic E-state index is -3.81. The molecule has 0 bridgehead atoms. The normalized spacial score (nSPS) is 15.5. The summed E-state index contributed by atoms with van der Waals surface area (Å²) in [4.78, 5) is 0. The molecule has 0 aromatic heterocycles. The fourth-order valence-corrected chi connectivity index (χ4v) is 2.22. The van der Waals surface area contributed by atoms with E-state index in [1.54, 1.807) is 6.92 Å². The number of unbranched alkanes of at least 4 members (excludes halogenated alkanes) is 2. The zero-order valence-electron chi connectivity index (χ0n) is 10.2. The summed E-state index contributed by atoms with van der Waals surface area (Å²) in [5.74, 6) is 0. The topological polar surface area (TPSA) is 26.3 Å². The summed E-state index contributed by atoms with van der Waals surface area (Å²) >= 11 is 0. The lowest BCUT2D eigenvalue weighted by Crippen LogP contribution is -2.11. The van der Waals surface area contributed by atoms with Crippen molar-refractivity contribution in [1.29, 1.82) is 0 Å². The van der Waals surface area contributed by atoms with Crippen molar-refractivity contribution in [2.24, 2.45) is 0 Å². The van der Waals surface area contributed by atoms with E-state index in [9.17, 15) is 8.76 Å². The molecule has 0 rings (SSSR count). The Labute approximate surface area is 93.2 Å². The molecule has 0 radical (unpaired) electrons. The van der Waals surface area contributed by atoms with Gasteiger partial charge in [0.1, 0.15) is 0 Å². The fourth-order valence-electron chi connectivity index (χ4n) is 1.41. The second kappa shape index (κ2) is 8.29. The number of rotatable bonds is 9. The van der Waals surface area contributed by atoms with Crippen molar-refractivity contribution in [3.05, 3.63) is 0 Å². The minimum Gasteiger partial charge on any atom is -0.302 e. The smallest absolute Gasteiger partial charge is 0.302 e. The van der Waals surface area contributed by atoms with Gasteiger partial charge < -0.3 is 4.52 Å². The molecule has 1 atom stereocenters. The SMILES string of the molecule is CCCCC(CCCC)OP(=O)(F)CC. The third-order valence-electron chi connectivity index (χ3n) is 2.44. The van der Waals surface area contributed by atoms with Crippen LogP contribution in [0, 0.1) is 0 Å². The number of halogens is 1. The van der Waals surface area contributed by atoms with E-state index in [1.165, 1.54) is 0 Å². The van der Waals surface area contributed by atoms with Gasteiger partial charge >= 0.3 is 7.68 Å². The summed E-state index contributed by atoms with van der Waals surface area (Å²) < 4.78 is 29.6. The van der Waals surface area contributed by atoms with Crippen molar-refractivity contribution in [3.8, 4) is 0 Å². The Morgan fingerprint density at radius 3 is 1.93 bits per heavy atom. The van der Waals surface area contributed by atoms with Gasteiger partial charge in [-0.15, -0.1) is 0 Å². The Kier molecular flexibility index (Phi) is 8.36. The molecule has 0 aromatic rings. The maximum Gasteiger partial charge on any atom is 0.367 e. The third-order valence-corrected chi connectivity index (χ3v) is 3.81. The first-order chi connectivity index (χ1) is 7.05. The lowest BCUT2D eigenvalue weighted by Gasteiger charge is -2.19. The number of hydrogen-bond donors (Lipinski definition) is 0. The Bertz CT molecular complexity index is 189. The van der Waals surface area contributed by atoms with E-state index in [0.717, 1.165) is 38.5 Å². The van der Waals surface area contributed by atoms with Crippen molar-refractivity contribution < 1.29 is 13.3 Å². The van der Waals surface area contributed by atoms with Crippen LogP contribution in [-0.2, 0) is 9.09 Å². The van der Waals surface area contributed by atoms with Crippen molar-refractivity contribution in [1.82, 2.24) is 0 Å². The van der Waals surface area contributed by atoms with E-state index in [1.807, 2.05) is 0 Å². The summed E-state index contributed by atoms with van der Waals surface area (Å²) in [7, 11) is -3.81. The summed E-state index contributed by atoms with van der Waals surface area (Å²) in [5, 5.41) is 0. The van der Waals surface area contributed by atoms with Crippen molar-refractivity contribution >= 4 is 7.68 Å². The van der Waals surface area contributed by atoms with Crippen LogP contribution in [0.15, 0.2) is 0 Å². The Hall–Kier alpha value is 0.120. The maximum absolute atomic E-state index is 13.3. The first kappa shape index (κ1) is 15.1. The highest BCUT2D eigenvalue weighted by Gasteiger charge is 2.24. The molecular weight excluding hydrogens is 214 g/mol. The molecule has 0 heterocycles. The molecule has 0 spiro atoms. The van der Waals surface area contributed by atoms with Gasteiger partial charge in [-0.3, -0.25) is 4.57 Å². The first-order valence-corrected chi connectivity index (χ1v) is 7.72. The molecule has 15 heavy (non-hydrogen) atoms. The van der Waals surface area contributed by atoms with Gasteiger partial charge in [-0.2, -0.15) is 4.20 Å². The standard InChI is InChI=1S/C11H24FO2P/c1-4-7-9-11(10-8-5-2)14-15(12,13)6-3/h11H,4-10H2,1-3H3. The van der Waals surface area contributed by atoms with Crippen LogP contribution in [0.2, 0.25) is 0 Å². The van der Waals surface area contributed by atoms with Gasteiger partial charge in [-0.05, 0) is 12.8 Å². The molecule has 0 saturated carbocycles. The van der Waals surface area contributed by atoms with E-state index in [4.69, 9.17) is 4.52 Å². The summed E-state index contributed by atoms with van der Waals surface area (Å²) in [6, 6.07) is 0. The van der Waals surface area contributed by atoms with Crippen LogP contribution in [0.1, 0.15) is 59.3 Å². The van der Waals surface area contributed by atoms with Crippen molar-refractivity contribution in [2.45, 2.75) is 65.4 Å². The summed E-state index contributed by atoms with van der Waals surface area (Å²) in [6.07, 6.45) is 5.64. The highest BCUT2D eigenvalue weighted by molar-refractivity contribution is 7.53. The molecule has 1 unspecified atom stereocenters. The van der Waals surface area contributed by atoms with Crippen LogP contribution in [0.5, 0.6) is 0 Å². The molecule has 0 saturated heterocycles. The van der Waals surface area contributed by atoms with Crippen LogP contribution < -0.4 is 0 Å². The van der Waals surface area contributed by atoms with Gasteiger partial charge in [0.15, 0.2) is 0 Å². The minimum absolute atomic E-state index is 0.0122. The maximum atomic E-state index is 13.3. The van der Waals surface area contributed by atoms with Gasteiger partial charge in [0.25, 0.3) is 0 Å². The lowest BCUT2D eigenvalue weighted by atomic mass is 10.1. The average molecular weight is 238 g/mol. The van der Waals surface area contributed by atoms with Crippen LogP contribution >= 0.6 is 7.68 Å². The van der Waals surface area contributed by atoms with E-state index < -0.39 is 7.68 Å². The summed E-state index contributed by atoms with van der Waals surface area (Å²) in [5.41, 5.74) is 0. The predicted molar refractivity (Wildman–Crippen MR) is 63.2 cm³/mol. The Morgan fingerprint density at radius 1 is 1.13 bits per heavy atom. The number of hydrogen-bond acceptors (Lipinski definition) is 2. The van der Waals surface area contributed by atoms with Crippen molar-refractivity contribution in [3.63, 3.8) is 0 Å². The molecular formula is C11H24FO2P. The fraction of sp³-hybridized carbons (Fsp3) is 1.00. The van der Waals surface area contributed by atoms with Crippen LogP contribution in [0.4, 0.5) is 4.20 Å². The van der Waals surface area contributed by atoms with Gasteiger partial charge in [0, 0.05) is 0 Å². The molecule has 0 aliphatic carbocycles. The molecule has 0 aromatic carbocycles. The van der Waals surface area contributed by atoms with Crippen LogP contribution in [0.3, 0.4) is 0 Å². The summed E-state index contributed by atoms with van der Waals surface area (Å²) in [6.45, 7) is 5.74. The zero-order valence-corrected chi connectivity index (χ0v) is 11.1. The van der Waals surface area contributed by atoms with Gasteiger partial charge in [0.2, 0.25) is 0 Å². The van der Waals surface area contributed by atoms with E-state index in [-0.39, 0.29) is 12.3 Å². The molecule has 4 heteroatoms. The Morgan fingerprint density at radius 2 is 1.60 bits per heavy atom. The van der Waals surface area contributed by atoms with Gasteiger partial charge in [0.05, 0.1) is 12.3 Å². The van der Waals surface area contributed by atoms with E-state index in [2.05, 4.69) is 13.8 Å². The molecule has 2 nitrogen and oxygen atoms in total. The largest absolute Gasteiger partial charge is 0.367 e. The average Bonchev–Trinajstić information content (AvgIpc) is 2.22. The highest BCUT2D eigenvalue weighted by atomic mass is 31.2. The predicted octanol–water partition coefficient (Wildman–Crippen LogP) is 4.93. The van der Waals surface area contributed by atoms with Gasteiger partial charge in [-0.1, -0.05) is 46.5 Å². The van der Waals surface area contributed by atoms with Gasteiger partial charge in [-0.25, -0.2) is 0 Å². The Balaban J connectivity index is 4.04. The monoisotopic (exact) mass is 238 g/mol. The first-order valence-electron chi connectivity index (χ1n) is 6.02. The van der Waals surface area contributed by atoms with Crippen molar-refractivity contribution in [2.75, 3.05) is 6.16 Å². The second-order valence-corrected chi connectivity index (χ2v) is 5.94. The molecule has 92 valence electrons. The van der Waals surface area contributed by atoms with Crippen LogP contribution in [0.25, 0.3) is 0 Å². The molecule has 0 amide bonds. The second-order valence-electron chi connectivity index (χ2n) is 3.92. The lowest BCUT2D eigenvalue weighted by molar-refractivity contribution is 0.164. The van der Waals surface area contributed by atoms with E-state index >= 15 is 0 Å². The zero-order chi connectivity index (χ0) is 11.7. The van der Waals surface area contributed by atoms with Crippen LogP contribution in [-0.4, -0.2) is 12.3 Å². The quantitative estimate of drug-likeness (QED) is 0.532. The third kappa shape index (κ3) is 7.98. The molecule has 0 fully saturated rings. The highest BCUT2D eigenvalue weighted by Crippen LogP contribution is 2.50.